The van der Waals surface area contributed by atoms with E-state index in [0.29, 0.717) is 12.6 Å². The first-order valence-corrected chi connectivity index (χ1v) is 7.88. The van der Waals surface area contributed by atoms with Gasteiger partial charge in [-0.05, 0) is 12.8 Å². The van der Waals surface area contributed by atoms with Crippen molar-refractivity contribution in [1.82, 2.24) is 15.2 Å². The fraction of sp³-hybridized carbons (Fsp3) is 0.636. The van der Waals surface area contributed by atoms with Gasteiger partial charge in [0, 0.05) is 29.2 Å². The van der Waals surface area contributed by atoms with Crippen molar-refractivity contribution in [3.63, 3.8) is 0 Å². The molecule has 3 rings (SSSR count). The smallest absolute Gasteiger partial charge is 0.241 e. The molecule has 0 radical (unpaired) electrons. The summed E-state index contributed by atoms with van der Waals surface area (Å²) >= 11 is 3.42. The van der Waals surface area contributed by atoms with Crippen molar-refractivity contribution in [3.8, 4) is 0 Å². The molecule has 1 aromatic heterocycles. The molecule has 4 nitrogen and oxygen atoms in total. The Morgan fingerprint density at radius 2 is 2.47 bits per heavy atom. The number of carbonyl (C=O) groups excluding carboxylic acids is 1. The van der Waals surface area contributed by atoms with Crippen LogP contribution >= 0.6 is 23.1 Å². The summed E-state index contributed by atoms with van der Waals surface area (Å²) in [4.78, 5) is 18.7. The van der Waals surface area contributed by atoms with Crippen LogP contribution in [0.1, 0.15) is 17.8 Å². The molecule has 1 N–H and O–H groups in total. The standard InChI is InChI=1S/C11H15N3OS2/c15-11(9-6-16-7-13-9)14(8-1-2-8)5-10-12-3-4-17-10/h3-4,8-9,13H,1-2,5-7H2. The minimum Gasteiger partial charge on any atom is -0.332 e. The van der Waals surface area contributed by atoms with Gasteiger partial charge in [0.25, 0.3) is 0 Å². The van der Waals surface area contributed by atoms with Gasteiger partial charge in [0.05, 0.1) is 12.6 Å². The number of nitrogens with one attached hydrogen (secondary N) is 1. The van der Waals surface area contributed by atoms with Crippen LogP contribution in [0.2, 0.25) is 0 Å². The lowest BCUT2D eigenvalue weighted by Crippen LogP contribution is -2.45. The van der Waals surface area contributed by atoms with E-state index in [2.05, 4.69) is 10.3 Å². The second-order valence-corrected chi connectivity index (χ2v) is 6.40. The van der Waals surface area contributed by atoms with Crippen molar-refractivity contribution in [2.75, 3.05) is 11.6 Å². The number of amides is 1. The van der Waals surface area contributed by atoms with Crippen molar-refractivity contribution in [2.45, 2.75) is 31.5 Å². The normalized spacial score (nSPS) is 23.9. The lowest BCUT2D eigenvalue weighted by molar-refractivity contribution is -0.133. The van der Waals surface area contributed by atoms with E-state index in [9.17, 15) is 4.79 Å². The maximum absolute atomic E-state index is 12.4. The quantitative estimate of drug-likeness (QED) is 0.895. The number of aromatic nitrogens is 1. The van der Waals surface area contributed by atoms with E-state index in [-0.39, 0.29) is 11.9 Å². The van der Waals surface area contributed by atoms with Crippen LogP contribution in [0.5, 0.6) is 0 Å². The number of rotatable bonds is 4. The molecule has 0 aromatic carbocycles. The average Bonchev–Trinajstić information content (AvgIpc) is 2.86. The second-order valence-electron chi connectivity index (χ2n) is 4.39. The van der Waals surface area contributed by atoms with E-state index in [0.717, 1.165) is 29.5 Å². The van der Waals surface area contributed by atoms with Crippen molar-refractivity contribution in [3.05, 3.63) is 16.6 Å². The van der Waals surface area contributed by atoms with Crippen LogP contribution in [-0.4, -0.2) is 39.5 Å². The van der Waals surface area contributed by atoms with Crippen molar-refractivity contribution in [2.24, 2.45) is 0 Å². The minimum atomic E-state index is 0.0144. The molecule has 1 aliphatic carbocycles. The zero-order valence-electron chi connectivity index (χ0n) is 9.46. The van der Waals surface area contributed by atoms with E-state index in [4.69, 9.17) is 0 Å². The van der Waals surface area contributed by atoms with Crippen molar-refractivity contribution >= 4 is 29.0 Å². The number of carbonyl (C=O) groups is 1. The highest BCUT2D eigenvalue weighted by Gasteiger charge is 2.37. The van der Waals surface area contributed by atoms with Crippen molar-refractivity contribution < 1.29 is 4.79 Å². The van der Waals surface area contributed by atoms with E-state index in [1.165, 1.54) is 0 Å². The summed E-state index contributed by atoms with van der Waals surface area (Å²) in [5, 5.41) is 6.26. The van der Waals surface area contributed by atoms with E-state index in [1.54, 1.807) is 29.3 Å². The molecule has 2 fully saturated rings. The number of thioether (sulfide) groups is 1. The molecule has 92 valence electrons. The second kappa shape index (κ2) is 4.96. The van der Waals surface area contributed by atoms with Crippen LogP contribution in [0, 0.1) is 0 Å². The third-order valence-electron chi connectivity index (χ3n) is 3.07. The first-order chi connectivity index (χ1) is 8.34. The third kappa shape index (κ3) is 2.64. The molecule has 2 aliphatic rings. The number of nitrogens with zero attached hydrogens (tertiary/aromatic N) is 2. The van der Waals surface area contributed by atoms with Gasteiger partial charge in [0.1, 0.15) is 5.01 Å². The Labute approximate surface area is 109 Å². The van der Waals surface area contributed by atoms with Gasteiger partial charge in [-0.2, -0.15) is 0 Å². The molecule has 17 heavy (non-hydrogen) atoms. The summed E-state index contributed by atoms with van der Waals surface area (Å²) in [6.45, 7) is 0.685. The van der Waals surface area contributed by atoms with Gasteiger partial charge in [0.15, 0.2) is 0 Å². The van der Waals surface area contributed by atoms with Crippen LogP contribution in [0.25, 0.3) is 0 Å². The van der Waals surface area contributed by atoms with E-state index >= 15 is 0 Å². The maximum Gasteiger partial charge on any atom is 0.241 e. The number of thiazole rings is 1. The largest absolute Gasteiger partial charge is 0.332 e. The van der Waals surface area contributed by atoms with Crippen LogP contribution in [0.4, 0.5) is 0 Å². The van der Waals surface area contributed by atoms with Gasteiger partial charge in [-0.1, -0.05) is 0 Å². The lowest BCUT2D eigenvalue weighted by atomic mass is 10.3. The zero-order valence-corrected chi connectivity index (χ0v) is 11.1. The molecule has 6 heteroatoms. The molecular weight excluding hydrogens is 254 g/mol. The Hall–Kier alpha value is -0.590. The van der Waals surface area contributed by atoms with E-state index in [1.807, 2.05) is 10.3 Å². The number of hydrogen-bond donors (Lipinski definition) is 1. The highest BCUT2D eigenvalue weighted by Crippen LogP contribution is 2.30. The minimum absolute atomic E-state index is 0.0144. The van der Waals surface area contributed by atoms with Gasteiger partial charge in [-0.15, -0.1) is 23.1 Å². The summed E-state index contributed by atoms with van der Waals surface area (Å²) in [5.74, 6) is 2.05. The lowest BCUT2D eigenvalue weighted by Gasteiger charge is -2.24. The first kappa shape index (κ1) is 11.5. The predicted molar refractivity (Wildman–Crippen MR) is 69.9 cm³/mol. The van der Waals surface area contributed by atoms with Crippen molar-refractivity contribution in [1.29, 1.82) is 0 Å². The van der Waals surface area contributed by atoms with Gasteiger partial charge in [-0.3, -0.25) is 10.1 Å². The highest BCUT2D eigenvalue weighted by molar-refractivity contribution is 7.99. The molecule has 0 spiro atoms. The first-order valence-electron chi connectivity index (χ1n) is 5.84. The summed E-state index contributed by atoms with van der Waals surface area (Å²) in [5.41, 5.74) is 0. The summed E-state index contributed by atoms with van der Waals surface area (Å²) in [7, 11) is 0. The Kier molecular flexibility index (Phi) is 3.35. The van der Waals surface area contributed by atoms with Crippen LogP contribution in [0.3, 0.4) is 0 Å². The summed E-state index contributed by atoms with van der Waals surface area (Å²) in [6.07, 6.45) is 4.10. The Balaban J connectivity index is 1.68. The number of hydrogen-bond acceptors (Lipinski definition) is 5. The third-order valence-corrected chi connectivity index (χ3v) is 4.78. The molecule has 1 saturated heterocycles. The summed E-state index contributed by atoms with van der Waals surface area (Å²) < 4.78 is 0. The summed E-state index contributed by atoms with van der Waals surface area (Å²) in [6, 6.07) is 0.472. The van der Waals surface area contributed by atoms with Crippen LogP contribution in [0.15, 0.2) is 11.6 Å². The van der Waals surface area contributed by atoms with Gasteiger partial charge in [-0.25, -0.2) is 4.98 Å². The highest BCUT2D eigenvalue weighted by atomic mass is 32.2. The van der Waals surface area contributed by atoms with Gasteiger partial charge in [0.2, 0.25) is 5.91 Å². The molecule has 0 bridgehead atoms. The van der Waals surface area contributed by atoms with Gasteiger partial charge < -0.3 is 4.90 Å². The molecule has 1 aliphatic heterocycles. The Bertz CT molecular complexity index is 385. The van der Waals surface area contributed by atoms with E-state index < -0.39 is 0 Å². The zero-order chi connectivity index (χ0) is 11.7. The van der Waals surface area contributed by atoms with Crippen LogP contribution < -0.4 is 5.32 Å². The molecule has 1 saturated carbocycles. The molecule has 1 atom stereocenters. The SMILES string of the molecule is O=C(C1CSCN1)N(Cc1nccs1)C1CC1. The average molecular weight is 269 g/mol. The Morgan fingerprint density at radius 3 is 3.06 bits per heavy atom. The fourth-order valence-electron chi connectivity index (χ4n) is 2.00. The Morgan fingerprint density at radius 1 is 1.59 bits per heavy atom. The molecule has 1 aromatic rings. The molecular formula is C11H15N3OS2. The maximum atomic E-state index is 12.4. The van der Waals surface area contributed by atoms with Gasteiger partial charge >= 0.3 is 0 Å². The molecule has 2 heterocycles. The predicted octanol–water partition coefficient (Wildman–Crippen LogP) is 1.30. The fourth-order valence-corrected chi connectivity index (χ4v) is 3.55. The van der Waals surface area contributed by atoms with Crippen LogP contribution in [-0.2, 0) is 11.3 Å². The monoisotopic (exact) mass is 269 g/mol. The molecule has 1 unspecified atom stereocenters. The topological polar surface area (TPSA) is 45.2 Å². The molecule has 1 amide bonds.